The third-order valence-corrected chi connectivity index (χ3v) is 4.08. The summed E-state index contributed by atoms with van der Waals surface area (Å²) in [5.74, 6) is 3.32. The molecule has 1 aliphatic carbocycles. The maximum atomic E-state index is 10.9. The van der Waals surface area contributed by atoms with Crippen LogP contribution in [0.4, 0.5) is 0 Å². The molecule has 1 aromatic carbocycles. The zero-order valence-corrected chi connectivity index (χ0v) is 10.9. The van der Waals surface area contributed by atoms with Gasteiger partial charge in [0.2, 0.25) is 0 Å². The number of hydrogen-bond donors (Lipinski definition) is 0. The van der Waals surface area contributed by atoms with Crippen LogP contribution in [0.15, 0.2) is 17.0 Å². The molecule has 0 atom stereocenters. The molecule has 0 radical (unpaired) electrons. The first-order valence-electron chi connectivity index (χ1n) is 5.62. The van der Waals surface area contributed by atoms with Gasteiger partial charge in [-0.05, 0) is 30.9 Å². The molecule has 3 nitrogen and oxygen atoms in total. The van der Waals surface area contributed by atoms with Crippen LogP contribution in [0.5, 0.6) is 11.5 Å². The predicted molar refractivity (Wildman–Crippen MR) is 68.4 cm³/mol. The van der Waals surface area contributed by atoms with Crippen molar-refractivity contribution in [2.45, 2.75) is 17.7 Å². The normalized spacial score (nSPS) is 14.5. The van der Waals surface area contributed by atoms with Crippen LogP contribution in [-0.2, 0) is 0 Å². The minimum Gasteiger partial charge on any atom is -0.496 e. The number of aldehydes is 1. The number of ether oxygens (including phenoxy) is 2. The van der Waals surface area contributed by atoms with E-state index in [1.807, 2.05) is 6.07 Å². The van der Waals surface area contributed by atoms with E-state index in [-0.39, 0.29) is 0 Å². The zero-order chi connectivity index (χ0) is 12.3. The zero-order valence-electron chi connectivity index (χ0n) is 10.1. The highest BCUT2D eigenvalue weighted by Gasteiger charge is 2.22. The van der Waals surface area contributed by atoms with E-state index in [0.29, 0.717) is 11.3 Å². The first kappa shape index (κ1) is 12.3. The van der Waals surface area contributed by atoms with Gasteiger partial charge in [0, 0.05) is 5.75 Å². The minimum absolute atomic E-state index is 0.528. The van der Waals surface area contributed by atoms with Crippen molar-refractivity contribution in [3.63, 3.8) is 0 Å². The summed E-state index contributed by atoms with van der Waals surface area (Å²) in [5.41, 5.74) is 0.528. The quantitative estimate of drug-likeness (QED) is 0.576. The Morgan fingerprint density at radius 3 is 2.53 bits per heavy atom. The van der Waals surface area contributed by atoms with Gasteiger partial charge < -0.3 is 9.47 Å². The molecule has 0 saturated heterocycles. The molecule has 0 bridgehead atoms. The van der Waals surface area contributed by atoms with Gasteiger partial charge in [-0.25, -0.2) is 0 Å². The topological polar surface area (TPSA) is 35.5 Å². The maximum absolute atomic E-state index is 10.9. The monoisotopic (exact) mass is 252 g/mol. The highest BCUT2D eigenvalue weighted by Crippen LogP contribution is 2.40. The molecule has 0 spiro atoms. The molecule has 0 N–H and O–H groups in total. The molecular weight excluding hydrogens is 236 g/mol. The lowest BCUT2D eigenvalue weighted by atomic mass is 10.2. The van der Waals surface area contributed by atoms with Crippen molar-refractivity contribution < 1.29 is 14.3 Å². The van der Waals surface area contributed by atoms with Gasteiger partial charge in [-0.3, -0.25) is 4.79 Å². The van der Waals surface area contributed by atoms with Gasteiger partial charge >= 0.3 is 0 Å². The molecule has 0 heterocycles. The van der Waals surface area contributed by atoms with Crippen LogP contribution in [0.2, 0.25) is 0 Å². The maximum Gasteiger partial charge on any atom is 0.153 e. The molecule has 92 valence electrons. The van der Waals surface area contributed by atoms with Gasteiger partial charge in [0.05, 0.1) is 24.7 Å². The predicted octanol–water partition coefficient (Wildman–Crippen LogP) is 3.02. The highest BCUT2D eigenvalue weighted by atomic mass is 32.2. The van der Waals surface area contributed by atoms with Crippen molar-refractivity contribution in [1.82, 2.24) is 0 Å². The van der Waals surface area contributed by atoms with E-state index in [9.17, 15) is 4.79 Å². The number of hydrogen-bond acceptors (Lipinski definition) is 4. The Kier molecular flexibility index (Phi) is 3.94. The van der Waals surface area contributed by atoms with Crippen molar-refractivity contribution in [2.75, 3.05) is 20.0 Å². The van der Waals surface area contributed by atoms with E-state index in [1.165, 1.54) is 12.8 Å². The Hall–Kier alpha value is -1.16. The van der Waals surface area contributed by atoms with Gasteiger partial charge in [0.15, 0.2) is 6.29 Å². The van der Waals surface area contributed by atoms with Crippen molar-refractivity contribution >= 4 is 18.0 Å². The van der Waals surface area contributed by atoms with Crippen LogP contribution in [0, 0.1) is 5.92 Å². The molecule has 0 aromatic heterocycles. The van der Waals surface area contributed by atoms with Crippen molar-refractivity contribution in [1.29, 1.82) is 0 Å². The SMILES string of the molecule is COc1cc(SCC2CC2)c(OC)cc1C=O. The number of carbonyl (C=O) groups excluding carboxylic acids is 1. The van der Waals surface area contributed by atoms with E-state index in [4.69, 9.17) is 9.47 Å². The number of carbonyl (C=O) groups is 1. The fraction of sp³-hybridized carbons (Fsp3) is 0.462. The second-order valence-corrected chi connectivity index (χ2v) is 5.18. The van der Waals surface area contributed by atoms with Crippen LogP contribution >= 0.6 is 11.8 Å². The molecule has 1 fully saturated rings. The van der Waals surface area contributed by atoms with Gasteiger partial charge in [0.1, 0.15) is 11.5 Å². The molecule has 0 amide bonds. The number of methoxy groups -OCH3 is 2. The molecule has 0 unspecified atom stereocenters. The second-order valence-electron chi connectivity index (χ2n) is 4.12. The lowest BCUT2D eigenvalue weighted by Crippen LogP contribution is -1.95. The summed E-state index contributed by atoms with van der Waals surface area (Å²) in [5, 5.41) is 0. The standard InChI is InChI=1S/C13H16O3S/c1-15-11-6-13(17-8-9-3-4-9)12(16-2)5-10(11)7-14/h5-7,9H,3-4,8H2,1-2H3. The fourth-order valence-corrected chi connectivity index (χ4v) is 2.81. The van der Waals surface area contributed by atoms with Crippen LogP contribution < -0.4 is 9.47 Å². The fourth-order valence-electron chi connectivity index (χ4n) is 1.59. The van der Waals surface area contributed by atoms with Crippen LogP contribution in [0.3, 0.4) is 0 Å². The highest BCUT2D eigenvalue weighted by molar-refractivity contribution is 7.99. The molecule has 1 saturated carbocycles. The summed E-state index contributed by atoms with van der Waals surface area (Å²) in [7, 11) is 3.20. The molecule has 17 heavy (non-hydrogen) atoms. The van der Waals surface area contributed by atoms with Gasteiger partial charge in [-0.15, -0.1) is 11.8 Å². The van der Waals surface area contributed by atoms with Crippen LogP contribution in [-0.4, -0.2) is 26.3 Å². The first-order valence-corrected chi connectivity index (χ1v) is 6.61. The summed E-state index contributed by atoms with van der Waals surface area (Å²) in [6, 6.07) is 3.62. The average molecular weight is 252 g/mol. The Balaban J connectivity index is 2.23. The summed E-state index contributed by atoms with van der Waals surface area (Å²) in [6.45, 7) is 0. The van der Waals surface area contributed by atoms with Gasteiger partial charge in [-0.2, -0.15) is 0 Å². The van der Waals surface area contributed by atoms with Gasteiger partial charge in [0.25, 0.3) is 0 Å². The number of rotatable bonds is 6. The van der Waals surface area contributed by atoms with E-state index in [1.54, 1.807) is 32.0 Å². The van der Waals surface area contributed by atoms with Crippen molar-refractivity contribution in [2.24, 2.45) is 5.92 Å². The van der Waals surface area contributed by atoms with E-state index in [2.05, 4.69) is 0 Å². The summed E-state index contributed by atoms with van der Waals surface area (Å²) < 4.78 is 10.5. The molecular formula is C13H16O3S. The van der Waals surface area contributed by atoms with Gasteiger partial charge in [-0.1, -0.05) is 0 Å². The molecule has 1 aromatic rings. The Bertz CT molecular complexity index is 413. The first-order chi connectivity index (χ1) is 8.28. The second kappa shape index (κ2) is 5.45. The Labute approximate surface area is 105 Å². The largest absolute Gasteiger partial charge is 0.496 e. The molecule has 2 rings (SSSR count). The summed E-state index contributed by atoms with van der Waals surface area (Å²) in [4.78, 5) is 11.9. The molecule has 1 aliphatic rings. The summed E-state index contributed by atoms with van der Waals surface area (Å²) >= 11 is 1.77. The van der Waals surface area contributed by atoms with Crippen LogP contribution in [0.25, 0.3) is 0 Å². The third kappa shape index (κ3) is 2.94. The van der Waals surface area contributed by atoms with E-state index in [0.717, 1.165) is 28.6 Å². The Morgan fingerprint density at radius 2 is 2.00 bits per heavy atom. The van der Waals surface area contributed by atoms with E-state index >= 15 is 0 Å². The molecule has 0 aliphatic heterocycles. The molecule has 4 heteroatoms. The number of thioether (sulfide) groups is 1. The average Bonchev–Trinajstić information content (AvgIpc) is 3.19. The van der Waals surface area contributed by atoms with Crippen molar-refractivity contribution in [3.8, 4) is 11.5 Å². The summed E-state index contributed by atoms with van der Waals surface area (Å²) in [6.07, 6.45) is 3.45. The van der Waals surface area contributed by atoms with Crippen LogP contribution in [0.1, 0.15) is 23.2 Å². The Morgan fingerprint density at radius 1 is 1.29 bits per heavy atom. The third-order valence-electron chi connectivity index (χ3n) is 2.81. The lowest BCUT2D eigenvalue weighted by molar-refractivity contribution is 0.112. The smallest absolute Gasteiger partial charge is 0.153 e. The van der Waals surface area contributed by atoms with Crippen molar-refractivity contribution in [3.05, 3.63) is 17.7 Å². The minimum atomic E-state index is 0.528. The number of benzene rings is 1. The lowest BCUT2D eigenvalue weighted by Gasteiger charge is -2.11. The van der Waals surface area contributed by atoms with E-state index < -0.39 is 0 Å².